The molecule has 1 unspecified atom stereocenters. The molecule has 0 fully saturated rings. The van der Waals surface area contributed by atoms with Crippen LogP contribution >= 0.6 is 11.8 Å². The first-order valence-electron chi connectivity index (χ1n) is 9.98. The smallest absolute Gasteiger partial charge is 0.266 e. The topological polar surface area (TPSA) is 90.0 Å². The standard InChI is InChI=1S/C23H22N4O3S/c1-4-16-9-11-17(12-10-16)27-22(29)18-7-5-6-8-19(18)24-23(27)31-15(3)21(28)25-20-13-14(2)26-30-20/h5-13,15H,4H2,1-3H3,(H,25,28). The van der Waals surface area contributed by atoms with Gasteiger partial charge in [0.05, 0.1) is 27.5 Å². The molecule has 0 aliphatic carbocycles. The maximum Gasteiger partial charge on any atom is 0.266 e. The predicted octanol–water partition coefficient (Wildman–Crippen LogP) is 4.36. The third kappa shape index (κ3) is 4.39. The first-order valence-corrected chi connectivity index (χ1v) is 10.9. The minimum Gasteiger partial charge on any atom is -0.338 e. The molecule has 4 rings (SSSR count). The number of para-hydroxylation sites is 1. The number of hydrogen-bond acceptors (Lipinski definition) is 6. The van der Waals surface area contributed by atoms with E-state index in [-0.39, 0.29) is 17.4 Å². The highest BCUT2D eigenvalue weighted by molar-refractivity contribution is 8.00. The van der Waals surface area contributed by atoms with Gasteiger partial charge in [-0.1, -0.05) is 48.1 Å². The molecule has 0 saturated heterocycles. The lowest BCUT2D eigenvalue weighted by Crippen LogP contribution is -2.26. The Labute approximate surface area is 183 Å². The number of hydrogen-bond donors (Lipinski definition) is 1. The summed E-state index contributed by atoms with van der Waals surface area (Å²) < 4.78 is 6.63. The Morgan fingerprint density at radius 2 is 1.94 bits per heavy atom. The van der Waals surface area contributed by atoms with E-state index >= 15 is 0 Å². The second kappa shape index (κ2) is 8.77. The molecule has 0 saturated carbocycles. The Kier molecular flexibility index (Phi) is 5.90. The molecule has 158 valence electrons. The van der Waals surface area contributed by atoms with E-state index in [1.165, 1.54) is 17.3 Å². The maximum absolute atomic E-state index is 13.3. The van der Waals surface area contributed by atoms with E-state index in [1.807, 2.05) is 36.4 Å². The summed E-state index contributed by atoms with van der Waals surface area (Å²) in [6.07, 6.45) is 0.908. The van der Waals surface area contributed by atoms with Crippen LogP contribution in [0, 0.1) is 6.92 Å². The Morgan fingerprint density at radius 3 is 2.61 bits per heavy atom. The first kappa shape index (κ1) is 20.9. The second-order valence-electron chi connectivity index (χ2n) is 7.15. The summed E-state index contributed by atoms with van der Waals surface area (Å²) >= 11 is 1.22. The molecule has 1 amide bonds. The van der Waals surface area contributed by atoms with Crippen LogP contribution in [0.2, 0.25) is 0 Å². The lowest BCUT2D eigenvalue weighted by Gasteiger charge is -2.16. The zero-order valence-corrected chi connectivity index (χ0v) is 18.3. The molecular formula is C23H22N4O3S. The molecule has 0 spiro atoms. The average molecular weight is 435 g/mol. The number of rotatable bonds is 6. The van der Waals surface area contributed by atoms with Gasteiger partial charge >= 0.3 is 0 Å². The Bertz CT molecular complexity index is 1290. The van der Waals surface area contributed by atoms with Gasteiger partial charge in [0.2, 0.25) is 11.8 Å². The Morgan fingerprint density at radius 1 is 1.19 bits per heavy atom. The molecule has 2 heterocycles. The van der Waals surface area contributed by atoms with Crippen LogP contribution in [0.4, 0.5) is 5.88 Å². The zero-order valence-electron chi connectivity index (χ0n) is 17.5. The summed E-state index contributed by atoms with van der Waals surface area (Å²) in [5, 5.41) is 6.93. The molecule has 1 N–H and O–H groups in total. The van der Waals surface area contributed by atoms with Gasteiger partial charge in [-0.25, -0.2) is 4.98 Å². The van der Waals surface area contributed by atoms with Gasteiger partial charge in [-0.05, 0) is 50.1 Å². The normalized spacial score (nSPS) is 12.1. The van der Waals surface area contributed by atoms with Crippen LogP contribution in [0.5, 0.6) is 0 Å². The zero-order chi connectivity index (χ0) is 22.0. The third-order valence-corrected chi connectivity index (χ3v) is 5.93. The highest BCUT2D eigenvalue weighted by Gasteiger charge is 2.21. The molecule has 31 heavy (non-hydrogen) atoms. The molecule has 0 aliphatic heterocycles. The van der Waals surface area contributed by atoms with Gasteiger partial charge < -0.3 is 4.52 Å². The number of aromatic nitrogens is 3. The molecule has 0 radical (unpaired) electrons. The number of anilines is 1. The lowest BCUT2D eigenvalue weighted by molar-refractivity contribution is -0.115. The van der Waals surface area contributed by atoms with Crippen LogP contribution in [0.3, 0.4) is 0 Å². The van der Waals surface area contributed by atoms with Crippen molar-refractivity contribution < 1.29 is 9.32 Å². The number of amides is 1. The largest absolute Gasteiger partial charge is 0.338 e. The molecular weight excluding hydrogens is 412 g/mol. The van der Waals surface area contributed by atoms with Gasteiger partial charge in [0.15, 0.2) is 5.16 Å². The average Bonchev–Trinajstić information content (AvgIpc) is 3.18. The number of benzene rings is 2. The van der Waals surface area contributed by atoms with Gasteiger partial charge in [0.25, 0.3) is 5.56 Å². The number of carbonyl (C=O) groups is 1. The molecule has 2 aromatic carbocycles. The van der Waals surface area contributed by atoms with E-state index < -0.39 is 5.25 Å². The number of thioether (sulfide) groups is 1. The van der Waals surface area contributed by atoms with Crippen molar-refractivity contribution in [3.8, 4) is 5.69 Å². The fraction of sp³-hybridized carbons (Fsp3) is 0.217. The minimum absolute atomic E-state index is 0.171. The van der Waals surface area contributed by atoms with Gasteiger partial charge in [0, 0.05) is 6.07 Å². The fourth-order valence-electron chi connectivity index (χ4n) is 3.16. The van der Waals surface area contributed by atoms with Crippen molar-refractivity contribution in [1.29, 1.82) is 0 Å². The number of fused-ring (bicyclic) bond motifs is 1. The Balaban J connectivity index is 1.72. The molecule has 0 aliphatic rings. The molecule has 7 nitrogen and oxygen atoms in total. The summed E-state index contributed by atoms with van der Waals surface area (Å²) in [6.45, 7) is 5.62. The number of nitrogens with zero attached hydrogens (tertiary/aromatic N) is 3. The van der Waals surface area contributed by atoms with Crippen LogP contribution in [0.25, 0.3) is 16.6 Å². The van der Waals surface area contributed by atoms with Crippen molar-refractivity contribution in [2.24, 2.45) is 0 Å². The van der Waals surface area contributed by atoms with E-state index in [9.17, 15) is 9.59 Å². The monoisotopic (exact) mass is 434 g/mol. The SMILES string of the molecule is CCc1ccc(-n2c(SC(C)C(=O)Nc3cc(C)no3)nc3ccccc3c2=O)cc1. The van der Waals surface area contributed by atoms with E-state index in [1.54, 1.807) is 36.6 Å². The quantitative estimate of drug-likeness (QED) is 0.358. The molecule has 8 heteroatoms. The van der Waals surface area contributed by atoms with E-state index in [0.29, 0.717) is 27.4 Å². The van der Waals surface area contributed by atoms with Crippen molar-refractivity contribution in [3.63, 3.8) is 0 Å². The second-order valence-corrected chi connectivity index (χ2v) is 8.46. The van der Waals surface area contributed by atoms with Gasteiger partial charge in [-0.15, -0.1) is 0 Å². The lowest BCUT2D eigenvalue weighted by atomic mass is 10.1. The van der Waals surface area contributed by atoms with Crippen molar-refractivity contribution in [3.05, 3.63) is 76.2 Å². The predicted molar refractivity (Wildman–Crippen MR) is 122 cm³/mol. The number of nitrogens with one attached hydrogen (secondary N) is 1. The minimum atomic E-state index is -0.528. The summed E-state index contributed by atoms with van der Waals surface area (Å²) in [7, 11) is 0. The van der Waals surface area contributed by atoms with E-state index in [2.05, 4.69) is 17.4 Å². The molecule has 0 bridgehead atoms. The van der Waals surface area contributed by atoms with Crippen molar-refractivity contribution in [2.45, 2.75) is 37.6 Å². The van der Waals surface area contributed by atoms with Gasteiger partial charge in [-0.3, -0.25) is 19.5 Å². The van der Waals surface area contributed by atoms with Crippen molar-refractivity contribution in [1.82, 2.24) is 14.7 Å². The van der Waals surface area contributed by atoms with Crippen LogP contribution < -0.4 is 10.9 Å². The molecule has 1 atom stereocenters. The first-order chi connectivity index (χ1) is 15.0. The maximum atomic E-state index is 13.3. The molecule has 2 aromatic heterocycles. The highest BCUT2D eigenvalue weighted by atomic mass is 32.2. The van der Waals surface area contributed by atoms with Gasteiger partial charge in [0.1, 0.15) is 0 Å². The van der Waals surface area contributed by atoms with Crippen LogP contribution in [0.15, 0.2) is 69.1 Å². The van der Waals surface area contributed by atoms with E-state index in [4.69, 9.17) is 9.51 Å². The third-order valence-electron chi connectivity index (χ3n) is 4.87. The fourth-order valence-corrected chi connectivity index (χ4v) is 4.08. The van der Waals surface area contributed by atoms with Crippen LogP contribution in [0.1, 0.15) is 25.1 Å². The summed E-state index contributed by atoms with van der Waals surface area (Å²) in [6, 6.07) is 16.7. The summed E-state index contributed by atoms with van der Waals surface area (Å²) in [4.78, 5) is 30.7. The van der Waals surface area contributed by atoms with Crippen LogP contribution in [-0.2, 0) is 11.2 Å². The Hall–Kier alpha value is -3.39. The summed E-state index contributed by atoms with van der Waals surface area (Å²) in [5.41, 5.74) is 2.98. The molecule has 4 aromatic rings. The number of aryl methyl sites for hydroxylation is 2. The van der Waals surface area contributed by atoms with Gasteiger partial charge in [-0.2, -0.15) is 0 Å². The van der Waals surface area contributed by atoms with Crippen molar-refractivity contribution in [2.75, 3.05) is 5.32 Å². The summed E-state index contributed by atoms with van der Waals surface area (Å²) in [5.74, 6) is 0.0189. The van der Waals surface area contributed by atoms with E-state index in [0.717, 1.165) is 6.42 Å². The number of carbonyl (C=O) groups excluding carboxylic acids is 1. The van der Waals surface area contributed by atoms with Crippen LogP contribution in [-0.4, -0.2) is 25.9 Å². The van der Waals surface area contributed by atoms with Crippen molar-refractivity contribution >= 4 is 34.5 Å². The highest BCUT2D eigenvalue weighted by Crippen LogP contribution is 2.26.